The van der Waals surface area contributed by atoms with Crippen LogP contribution in [-0.4, -0.2) is 75.7 Å². The molecular weight excluding hydrogens is 491 g/mol. The average Bonchev–Trinajstić information content (AvgIpc) is 3.56. The second kappa shape index (κ2) is 14.1. The molecule has 6 N–H and O–H groups in total. The lowest BCUT2D eigenvalue weighted by molar-refractivity contribution is -0.151. The van der Waals surface area contributed by atoms with Gasteiger partial charge in [0.1, 0.15) is 24.0 Å². The van der Waals surface area contributed by atoms with Crippen molar-refractivity contribution in [1.82, 2.24) is 15.5 Å². The molecule has 1 saturated heterocycles. The summed E-state index contributed by atoms with van der Waals surface area (Å²) in [4.78, 5) is 61.6. The van der Waals surface area contributed by atoms with Crippen molar-refractivity contribution < 1.29 is 38.3 Å². The molecule has 2 aliphatic rings. The predicted molar refractivity (Wildman–Crippen MR) is 132 cm³/mol. The molecule has 1 saturated carbocycles. The molecule has 3 amide bonds. The van der Waals surface area contributed by atoms with Crippen molar-refractivity contribution in [3.05, 3.63) is 0 Å². The van der Waals surface area contributed by atoms with E-state index in [1.165, 1.54) is 6.92 Å². The maximum absolute atomic E-state index is 13.3. The lowest BCUT2D eigenvalue weighted by Crippen LogP contribution is -2.50. The smallest absolute Gasteiger partial charge is 0.350 e. The summed E-state index contributed by atoms with van der Waals surface area (Å²) >= 11 is 0. The number of hydrogen-bond acceptors (Lipinski definition) is 7. The number of rotatable bonds is 16. The Morgan fingerprint density at radius 3 is 2.39 bits per heavy atom. The Morgan fingerprint density at radius 1 is 1.11 bits per heavy atom. The molecule has 0 radical (unpaired) electrons. The van der Waals surface area contributed by atoms with Gasteiger partial charge in [0.2, 0.25) is 11.8 Å². The summed E-state index contributed by atoms with van der Waals surface area (Å²) in [5, 5.41) is 14.7. The van der Waals surface area contributed by atoms with Crippen LogP contribution in [0.4, 0.5) is 0 Å². The first-order chi connectivity index (χ1) is 17.0. The van der Waals surface area contributed by atoms with Gasteiger partial charge >= 0.3 is 13.6 Å². The Labute approximate surface area is 212 Å². The quantitative estimate of drug-likeness (QED) is 0.144. The molecule has 0 spiro atoms. The molecule has 1 heterocycles. The van der Waals surface area contributed by atoms with Gasteiger partial charge in [-0.15, -0.1) is 0 Å². The zero-order chi connectivity index (χ0) is 26.9. The molecule has 0 aromatic carbocycles. The summed E-state index contributed by atoms with van der Waals surface area (Å²) in [6.07, 6.45) is 3.91. The number of nitrogens with two attached hydrogens (primary N) is 1. The van der Waals surface area contributed by atoms with E-state index in [2.05, 4.69) is 10.6 Å². The fraction of sp³-hybridized carbons (Fsp3) is 0.826. The van der Waals surface area contributed by atoms with Gasteiger partial charge in [0.25, 0.3) is 5.91 Å². The Hall–Kier alpha value is -2.01. The second-order valence-electron chi connectivity index (χ2n) is 9.63. The van der Waals surface area contributed by atoms with Crippen molar-refractivity contribution in [2.45, 2.75) is 102 Å². The van der Waals surface area contributed by atoms with E-state index in [0.29, 0.717) is 51.5 Å². The third-order valence-corrected chi connectivity index (χ3v) is 8.33. The van der Waals surface area contributed by atoms with E-state index in [4.69, 9.17) is 10.3 Å². The lowest BCUT2D eigenvalue weighted by Gasteiger charge is -2.30. The summed E-state index contributed by atoms with van der Waals surface area (Å²) in [5.41, 5.74) is 5.55. The summed E-state index contributed by atoms with van der Waals surface area (Å²) in [6, 6.07) is -1.88. The third-order valence-electron chi connectivity index (χ3n) is 6.54. The van der Waals surface area contributed by atoms with Gasteiger partial charge in [-0.25, -0.2) is 4.79 Å². The van der Waals surface area contributed by atoms with Crippen molar-refractivity contribution in [2.75, 3.05) is 13.1 Å². The minimum atomic E-state index is -4.55. The molecule has 2 fully saturated rings. The minimum Gasteiger partial charge on any atom is -0.480 e. The van der Waals surface area contributed by atoms with E-state index in [1.54, 1.807) is 0 Å². The van der Waals surface area contributed by atoms with E-state index in [-0.39, 0.29) is 24.8 Å². The summed E-state index contributed by atoms with van der Waals surface area (Å²) in [6.45, 7) is 3.85. The fourth-order valence-corrected chi connectivity index (χ4v) is 5.73. The van der Waals surface area contributed by atoms with Gasteiger partial charge in [0.15, 0.2) is 0 Å². The number of carboxylic acids is 1. The molecule has 0 aromatic rings. The largest absolute Gasteiger partial charge is 0.480 e. The molecule has 0 aromatic heterocycles. The molecule has 1 aliphatic heterocycles. The average molecular weight is 533 g/mol. The van der Waals surface area contributed by atoms with Gasteiger partial charge in [-0.05, 0) is 64.8 Å². The normalized spacial score (nSPS) is 21.8. The van der Waals surface area contributed by atoms with Crippen molar-refractivity contribution in [2.24, 2.45) is 11.7 Å². The molecule has 1 aliphatic carbocycles. The summed E-state index contributed by atoms with van der Waals surface area (Å²) in [7, 11) is -4.55. The Balaban J connectivity index is 2.10. The topological polar surface area (TPSA) is 188 Å². The highest BCUT2D eigenvalue weighted by Crippen LogP contribution is 2.49. The van der Waals surface area contributed by atoms with Gasteiger partial charge in [-0.2, -0.15) is 0 Å². The highest BCUT2D eigenvalue weighted by molar-refractivity contribution is 7.53. The summed E-state index contributed by atoms with van der Waals surface area (Å²) < 4.78 is 18.6. The van der Waals surface area contributed by atoms with Crippen LogP contribution < -0.4 is 16.4 Å². The zero-order valence-electron chi connectivity index (χ0n) is 21.2. The number of carboxylic acid groups (broad SMARTS) is 1. The number of amides is 3. The van der Waals surface area contributed by atoms with Crippen LogP contribution in [0.15, 0.2) is 0 Å². The minimum absolute atomic E-state index is 0.106. The Morgan fingerprint density at radius 2 is 1.81 bits per heavy atom. The number of carbonyl (C=O) groups is 4. The van der Waals surface area contributed by atoms with Crippen molar-refractivity contribution in [3.63, 3.8) is 0 Å². The molecule has 2 unspecified atom stereocenters. The highest BCUT2D eigenvalue weighted by atomic mass is 31.2. The van der Waals surface area contributed by atoms with Crippen LogP contribution in [0.2, 0.25) is 0 Å². The van der Waals surface area contributed by atoms with Gasteiger partial charge in [0, 0.05) is 12.5 Å². The number of carbonyl (C=O) groups excluding carboxylic acids is 3. The maximum Gasteiger partial charge on any atom is 0.350 e. The van der Waals surface area contributed by atoms with Crippen LogP contribution in [0.3, 0.4) is 0 Å². The number of aliphatic carboxylic acids is 1. The lowest BCUT2D eigenvalue weighted by atomic mass is 10.1. The van der Waals surface area contributed by atoms with Crippen LogP contribution >= 0.6 is 7.60 Å². The molecule has 206 valence electrons. The van der Waals surface area contributed by atoms with Gasteiger partial charge in [0.05, 0.1) is 0 Å². The second-order valence-corrected chi connectivity index (χ2v) is 11.6. The van der Waals surface area contributed by atoms with E-state index < -0.39 is 49.4 Å². The fourth-order valence-electron chi connectivity index (χ4n) is 4.24. The SMILES string of the molecule is CCCCC(NC(=O)[C@H](CCCCN)NC(=O)C1CC1)P(=O)(O)O[C@@H](C)C(=O)N1CCC[C@H]1C(=O)O. The molecule has 0 bridgehead atoms. The molecule has 36 heavy (non-hydrogen) atoms. The number of hydrogen-bond donors (Lipinski definition) is 5. The third kappa shape index (κ3) is 8.83. The number of nitrogens with zero attached hydrogens (tertiary/aromatic N) is 1. The molecule has 13 heteroatoms. The van der Waals surface area contributed by atoms with E-state index >= 15 is 0 Å². The van der Waals surface area contributed by atoms with Crippen LogP contribution in [-0.2, 0) is 28.3 Å². The van der Waals surface area contributed by atoms with E-state index in [9.17, 15) is 33.7 Å². The molecule has 5 atom stereocenters. The van der Waals surface area contributed by atoms with Crippen LogP contribution in [0.1, 0.15) is 78.1 Å². The summed E-state index contributed by atoms with van der Waals surface area (Å²) in [5.74, 6) is -4.03. The van der Waals surface area contributed by atoms with Gasteiger partial charge in [-0.3, -0.25) is 23.5 Å². The first-order valence-electron chi connectivity index (χ1n) is 12.9. The van der Waals surface area contributed by atoms with Crippen molar-refractivity contribution in [3.8, 4) is 0 Å². The highest BCUT2D eigenvalue weighted by Gasteiger charge is 2.42. The van der Waals surface area contributed by atoms with Crippen molar-refractivity contribution >= 4 is 31.3 Å². The molecule has 2 rings (SSSR count). The monoisotopic (exact) mass is 532 g/mol. The van der Waals surface area contributed by atoms with E-state index in [0.717, 1.165) is 17.7 Å². The van der Waals surface area contributed by atoms with Crippen LogP contribution in [0.5, 0.6) is 0 Å². The number of likely N-dealkylation sites (tertiary alicyclic amines) is 1. The first kappa shape index (κ1) is 30.2. The number of nitrogens with one attached hydrogen (secondary N) is 2. The Kier molecular flexibility index (Phi) is 11.8. The molecule has 12 nitrogen and oxygen atoms in total. The maximum atomic E-state index is 13.3. The number of unbranched alkanes of at least 4 members (excludes halogenated alkanes) is 2. The van der Waals surface area contributed by atoms with Crippen LogP contribution in [0, 0.1) is 5.92 Å². The van der Waals surface area contributed by atoms with E-state index in [1.807, 2.05) is 6.92 Å². The molecular formula is C23H41N4O8P. The van der Waals surface area contributed by atoms with Gasteiger partial charge < -0.3 is 31.3 Å². The predicted octanol–water partition coefficient (Wildman–Crippen LogP) is 1.31. The van der Waals surface area contributed by atoms with Crippen molar-refractivity contribution in [1.29, 1.82) is 0 Å². The van der Waals surface area contributed by atoms with Gasteiger partial charge in [-0.1, -0.05) is 19.8 Å². The van der Waals surface area contributed by atoms with Crippen LogP contribution in [0.25, 0.3) is 0 Å². The zero-order valence-corrected chi connectivity index (χ0v) is 22.1. The first-order valence-corrected chi connectivity index (χ1v) is 14.5. The standard InChI is InChI=1S/C23H41N4O8P/c1-3-4-10-19(26-21(29)17(8-5-6-13-24)25-20(28)16-11-12-16)36(33,34)35-15(2)22(30)27-14-7-9-18(27)23(31)32/h15-19H,3-14,24H2,1-2H3,(H,25,28)(H,26,29)(H,31,32)(H,33,34)/t15-,17-,18-,19?/m0/s1. The Bertz CT molecular complexity index is 837.